The number of alkyl halides is 42. The molecule has 0 amide bonds. The summed E-state index contributed by atoms with van der Waals surface area (Å²) in [5, 5.41) is -6.40. The van der Waals surface area contributed by atoms with E-state index in [4.69, 9.17) is 0 Å². The summed E-state index contributed by atoms with van der Waals surface area (Å²) in [6, 6.07) is -10.4. The molecule has 0 saturated heterocycles. The van der Waals surface area contributed by atoms with Crippen LogP contribution in [0.15, 0.2) is 0 Å². The van der Waals surface area contributed by atoms with Crippen molar-refractivity contribution in [2.24, 2.45) is 0 Å². The molecule has 0 aliphatic heterocycles. The molecule has 0 spiro atoms. The van der Waals surface area contributed by atoms with Crippen LogP contribution in [-0.4, -0.2) is 128 Å². The van der Waals surface area contributed by atoms with E-state index in [2.05, 4.69) is 0 Å². The standard InChI is InChI=1S/C19F43NO3Si/c20-1(21,3(24,25)5(28,29)7(32,33)10(38,39)40)2(22,23)4(26,27)6(30,31)8(34,35)15(53,54)63(62)19(61,14(50,51)52)66-67(64-16(55,56)12(44,45)46,65-17(57,58)13(47,48)49)18(59,60)9(36,37)11(41,42)43. The van der Waals surface area contributed by atoms with Crippen molar-refractivity contribution < 1.29 is 202 Å². The van der Waals surface area contributed by atoms with Gasteiger partial charge >= 0.3 is 123 Å². The summed E-state index contributed by atoms with van der Waals surface area (Å²) in [5.41, 5.74) is -10.0. The van der Waals surface area contributed by atoms with Crippen molar-refractivity contribution in [3.8, 4) is 0 Å². The second-order valence-corrected chi connectivity index (χ2v) is 13.9. The minimum absolute atomic E-state index is 0.808. The third kappa shape index (κ3) is 8.95. The fourth-order valence-corrected chi connectivity index (χ4v) is 5.81. The minimum atomic E-state index is -12.5. The molecule has 404 valence electrons. The van der Waals surface area contributed by atoms with E-state index in [9.17, 15) is 184 Å². The summed E-state index contributed by atoms with van der Waals surface area (Å²) in [6.07, 6.45) is -62.9. The molecular formula is C19F43NO3Si. The zero-order valence-electron chi connectivity index (χ0n) is 27.9. The number of hydrogen-bond acceptors (Lipinski definition) is 4. The van der Waals surface area contributed by atoms with Gasteiger partial charge in [-0.25, -0.2) is 0 Å². The van der Waals surface area contributed by atoms with Crippen molar-refractivity contribution in [2.75, 3.05) is 0 Å². The van der Waals surface area contributed by atoms with Gasteiger partial charge in [0.2, 0.25) is 0 Å². The highest BCUT2D eigenvalue weighted by Crippen LogP contribution is 2.68. The van der Waals surface area contributed by atoms with Crippen LogP contribution in [0.1, 0.15) is 0 Å². The molecule has 0 aromatic carbocycles. The molecule has 48 heteroatoms. The number of hydrogen-bond donors (Lipinski definition) is 0. The Morgan fingerprint density at radius 1 is 0.239 bits per heavy atom. The molecular weight excluding hydrogens is 1140 g/mol. The van der Waals surface area contributed by atoms with Gasteiger partial charge in [-0.15, -0.1) is 4.48 Å². The Bertz CT molecular complexity index is 1720. The van der Waals surface area contributed by atoms with E-state index in [0.29, 0.717) is 0 Å². The summed E-state index contributed by atoms with van der Waals surface area (Å²) in [6.45, 7) is 0. The molecule has 0 fully saturated rings. The molecule has 0 rings (SSSR count). The Labute approximate surface area is 331 Å². The monoisotopic (exact) mass is 1130 g/mol. The first kappa shape index (κ1) is 64.0. The van der Waals surface area contributed by atoms with Gasteiger partial charge in [-0.2, -0.15) is 184 Å². The molecule has 0 radical (unpaired) electrons. The Balaban J connectivity index is 8.88. The molecule has 0 N–H and O–H groups in total. The molecule has 0 aromatic rings. The van der Waals surface area contributed by atoms with Crippen LogP contribution in [-0.2, 0) is 13.3 Å². The normalized spacial score (nSPS) is 17.9. The van der Waals surface area contributed by atoms with Crippen LogP contribution in [0.3, 0.4) is 0 Å². The number of halogens is 43. The molecule has 4 nitrogen and oxygen atoms in total. The highest BCUT2D eigenvalue weighted by Gasteiger charge is 3.00. The lowest BCUT2D eigenvalue weighted by atomic mass is 9.87. The lowest BCUT2D eigenvalue weighted by molar-refractivity contribution is -0.516. The molecule has 0 heterocycles. The van der Waals surface area contributed by atoms with Crippen LogP contribution in [0, 0.1) is 0 Å². The zero-order chi connectivity index (χ0) is 55.7. The minimum Gasteiger partial charge on any atom is -0.314 e. The topological polar surface area (TPSA) is 30.9 Å². The van der Waals surface area contributed by atoms with Crippen molar-refractivity contribution in [1.82, 2.24) is 5.12 Å². The van der Waals surface area contributed by atoms with Crippen molar-refractivity contribution in [3.05, 3.63) is 0 Å². The van der Waals surface area contributed by atoms with Crippen LogP contribution >= 0.6 is 0 Å². The fraction of sp³-hybridized carbons (Fsp3) is 1.00. The highest BCUT2D eigenvalue weighted by atomic mass is 28.4. The first-order valence-corrected chi connectivity index (χ1v) is 15.3. The van der Waals surface area contributed by atoms with Gasteiger partial charge in [0, 0.05) is 0 Å². The van der Waals surface area contributed by atoms with Crippen LogP contribution in [0.25, 0.3) is 0 Å². The molecule has 1 unspecified atom stereocenters. The van der Waals surface area contributed by atoms with E-state index >= 15 is 4.39 Å². The predicted molar refractivity (Wildman–Crippen MR) is 110 cm³/mol. The average molecular weight is 1140 g/mol. The second-order valence-electron chi connectivity index (χ2n) is 11.5. The smallest absolute Gasteiger partial charge is 0.314 e. The first-order valence-electron chi connectivity index (χ1n) is 13.5. The van der Waals surface area contributed by atoms with Gasteiger partial charge in [0.05, 0.1) is 0 Å². The van der Waals surface area contributed by atoms with Gasteiger partial charge in [-0.3, -0.25) is 0 Å². The predicted octanol–water partition coefficient (Wildman–Crippen LogP) is 13.3. The Morgan fingerprint density at radius 2 is 0.463 bits per heavy atom. The van der Waals surface area contributed by atoms with Crippen molar-refractivity contribution in [1.29, 1.82) is 0 Å². The van der Waals surface area contributed by atoms with E-state index in [-0.39, 0.29) is 0 Å². The van der Waals surface area contributed by atoms with Gasteiger partial charge in [-0.05, 0) is 5.12 Å². The van der Waals surface area contributed by atoms with Crippen molar-refractivity contribution in [2.45, 2.75) is 114 Å². The van der Waals surface area contributed by atoms with Crippen LogP contribution in [0.2, 0.25) is 0 Å². The molecule has 0 aromatic heterocycles. The summed E-state index contributed by atoms with van der Waals surface area (Å²) in [7, 11) is -12.5. The molecule has 67 heavy (non-hydrogen) atoms. The van der Waals surface area contributed by atoms with Crippen LogP contribution in [0.4, 0.5) is 189 Å². The second kappa shape index (κ2) is 16.0. The maximum absolute atomic E-state index is 15.1. The van der Waals surface area contributed by atoms with Crippen molar-refractivity contribution in [3.63, 3.8) is 0 Å². The van der Waals surface area contributed by atoms with Gasteiger partial charge in [0.1, 0.15) is 0 Å². The van der Waals surface area contributed by atoms with E-state index in [1.807, 2.05) is 0 Å². The maximum Gasteiger partial charge on any atom is 0.595 e. The molecule has 0 aliphatic rings. The molecule has 0 saturated carbocycles. The van der Waals surface area contributed by atoms with Gasteiger partial charge in [0.15, 0.2) is 0 Å². The summed E-state index contributed by atoms with van der Waals surface area (Å²) < 4.78 is 584. The summed E-state index contributed by atoms with van der Waals surface area (Å²) in [4.78, 5) is 0. The quantitative estimate of drug-likeness (QED) is 0.0450. The third-order valence-corrected chi connectivity index (χ3v) is 9.61. The van der Waals surface area contributed by atoms with E-state index in [1.165, 1.54) is 0 Å². The van der Waals surface area contributed by atoms with Gasteiger partial charge < -0.3 is 13.3 Å². The SMILES string of the molecule is FN(C(F)(F)C(F)(F)C(F)(F)C(F)(F)C(F)(F)C(F)(F)C(F)(F)C(F)(F)C(F)(F)C(F)(F)F)C(F)(O[Si](OC(F)(F)C(F)(F)F)(OC(F)(F)C(F)(F)F)C(F)(F)C(F)(F)C(F)(F)F)C(F)(F)F. The lowest BCUT2D eigenvalue weighted by Gasteiger charge is -2.47. The number of rotatable bonds is 18. The largest absolute Gasteiger partial charge is 0.595 e. The number of nitrogens with zero attached hydrogens (tertiary/aromatic N) is 1. The first-order chi connectivity index (χ1) is 28.0. The Hall–Kier alpha value is -2.95. The van der Waals surface area contributed by atoms with E-state index in [0.717, 1.165) is 13.3 Å². The lowest BCUT2D eigenvalue weighted by Crippen LogP contribution is -2.80. The van der Waals surface area contributed by atoms with Crippen LogP contribution in [0.5, 0.6) is 0 Å². The van der Waals surface area contributed by atoms with Crippen LogP contribution < -0.4 is 0 Å². The summed E-state index contributed by atoms with van der Waals surface area (Å²) >= 11 is 0. The van der Waals surface area contributed by atoms with E-state index in [1.54, 1.807) is 0 Å². The third-order valence-electron chi connectivity index (χ3n) is 6.93. The maximum atomic E-state index is 15.1. The van der Waals surface area contributed by atoms with Gasteiger partial charge in [0.25, 0.3) is 0 Å². The molecule has 1 atom stereocenters. The fourth-order valence-electron chi connectivity index (χ4n) is 3.32. The Morgan fingerprint density at radius 3 is 0.672 bits per heavy atom. The van der Waals surface area contributed by atoms with Crippen molar-refractivity contribution >= 4 is 8.80 Å². The molecule has 0 bridgehead atoms. The average Bonchev–Trinajstić information content (AvgIpc) is 3.03. The Kier molecular flexibility index (Phi) is 15.3. The highest BCUT2D eigenvalue weighted by molar-refractivity contribution is 6.64. The van der Waals surface area contributed by atoms with Gasteiger partial charge in [-0.1, -0.05) is 0 Å². The van der Waals surface area contributed by atoms with E-state index < -0.39 is 128 Å². The summed E-state index contributed by atoms with van der Waals surface area (Å²) in [5.74, 6) is -101. The zero-order valence-corrected chi connectivity index (χ0v) is 28.9. The molecule has 0 aliphatic carbocycles.